The molecule has 0 radical (unpaired) electrons. The minimum atomic E-state index is -3.67. The average molecular weight is 391 g/mol. The van der Waals surface area contributed by atoms with Crippen molar-refractivity contribution in [2.24, 2.45) is 0 Å². The molecule has 6 nitrogen and oxygen atoms in total. The smallest absolute Gasteiger partial charge is 0.241 e. The normalized spacial score (nSPS) is 11.9. The lowest BCUT2D eigenvalue weighted by molar-refractivity contribution is -0.115. The minimum absolute atomic E-state index is 0.100. The first kappa shape index (κ1) is 20.9. The number of carbonyl (C=O) groups is 1. The summed E-state index contributed by atoms with van der Waals surface area (Å²) < 4.78 is 32.8. The second-order valence-electron chi connectivity index (χ2n) is 7.42. The maximum atomic E-state index is 12.5. The van der Waals surface area contributed by atoms with Crippen LogP contribution in [0.5, 0.6) is 5.75 Å². The lowest BCUT2D eigenvalue weighted by Crippen LogP contribution is -2.40. The van der Waals surface area contributed by atoms with Gasteiger partial charge in [-0.1, -0.05) is 23.8 Å². The van der Waals surface area contributed by atoms with Gasteiger partial charge in [0.05, 0.1) is 18.4 Å². The second kappa shape index (κ2) is 8.10. The molecule has 0 aliphatic heterocycles. The highest BCUT2D eigenvalue weighted by molar-refractivity contribution is 7.89. The van der Waals surface area contributed by atoms with Crippen molar-refractivity contribution in [3.8, 4) is 5.75 Å². The topological polar surface area (TPSA) is 84.5 Å². The van der Waals surface area contributed by atoms with Gasteiger partial charge in [0.25, 0.3) is 0 Å². The number of ether oxygens (including phenoxy) is 1. The lowest BCUT2D eigenvalue weighted by Gasteiger charge is -2.20. The summed E-state index contributed by atoms with van der Waals surface area (Å²) in [7, 11) is -2.11. The molecular weight excluding hydrogens is 364 g/mol. The number of anilines is 1. The van der Waals surface area contributed by atoms with Gasteiger partial charge in [-0.05, 0) is 52.0 Å². The van der Waals surface area contributed by atoms with E-state index in [0.717, 1.165) is 11.1 Å². The number of aryl methyl sites for hydroxylation is 1. The number of sulfonamides is 1. The van der Waals surface area contributed by atoms with Crippen molar-refractivity contribution in [3.05, 3.63) is 53.6 Å². The van der Waals surface area contributed by atoms with E-state index in [9.17, 15) is 13.2 Å². The Hall–Kier alpha value is -2.38. The van der Waals surface area contributed by atoms with Gasteiger partial charge in [-0.15, -0.1) is 0 Å². The van der Waals surface area contributed by atoms with Crippen molar-refractivity contribution in [2.75, 3.05) is 12.4 Å². The number of amides is 1. The van der Waals surface area contributed by atoms with Gasteiger partial charge in [0.15, 0.2) is 0 Å². The van der Waals surface area contributed by atoms with Crippen LogP contribution in [0, 0.1) is 6.92 Å². The van der Waals surface area contributed by atoms with Crippen molar-refractivity contribution in [2.45, 2.75) is 44.6 Å². The second-order valence-corrected chi connectivity index (χ2v) is 9.11. The third kappa shape index (κ3) is 6.08. The molecule has 27 heavy (non-hydrogen) atoms. The van der Waals surface area contributed by atoms with E-state index < -0.39 is 15.6 Å². The van der Waals surface area contributed by atoms with E-state index in [2.05, 4.69) is 10.0 Å². The van der Waals surface area contributed by atoms with Crippen LogP contribution in [0.4, 0.5) is 5.69 Å². The first-order valence-corrected chi connectivity index (χ1v) is 10.1. The Morgan fingerprint density at radius 3 is 2.44 bits per heavy atom. The molecular formula is C20H26N2O4S. The van der Waals surface area contributed by atoms with Crippen LogP contribution in [0.3, 0.4) is 0 Å². The zero-order valence-corrected chi connectivity index (χ0v) is 17.1. The Morgan fingerprint density at radius 1 is 1.11 bits per heavy atom. The summed E-state index contributed by atoms with van der Waals surface area (Å²) in [6, 6.07) is 11.8. The molecule has 2 aromatic carbocycles. The third-order valence-electron chi connectivity index (χ3n) is 3.66. The summed E-state index contributed by atoms with van der Waals surface area (Å²) in [5.41, 5.74) is 1.62. The Labute approximate surface area is 161 Å². The summed E-state index contributed by atoms with van der Waals surface area (Å²) in [5.74, 6) is 0.388. The third-order valence-corrected chi connectivity index (χ3v) is 5.41. The van der Waals surface area contributed by atoms with Gasteiger partial charge in [-0.3, -0.25) is 4.79 Å². The van der Waals surface area contributed by atoms with Crippen molar-refractivity contribution in [1.82, 2.24) is 4.72 Å². The van der Waals surface area contributed by atoms with Gasteiger partial charge in [-0.2, -0.15) is 0 Å². The lowest BCUT2D eigenvalue weighted by atomic mass is 10.1. The number of nitrogens with one attached hydrogen (secondary N) is 2. The van der Waals surface area contributed by atoms with Gasteiger partial charge >= 0.3 is 0 Å². The molecule has 0 aliphatic carbocycles. The molecule has 0 spiro atoms. The van der Waals surface area contributed by atoms with Crippen LogP contribution < -0.4 is 14.8 Å². The van der Waals surface area contributed by atoms with Crippen LogP contribution in [0.1, 0.15) is 31.9 Å². The molecule has 1 amide bonds. The van der Waals surface area contributed by atoms with E-state index in [1.807, 2.05) is 25.1 Å². The SMILES string of the molecule is COc1ccc(C)cc1CC(=O)Nc1cccc(S(=O)(=O)NC(C)(C)C)c1. The standard InChI is InChI=1S/C20H26N2O4S/c1-14-9-10-18(26-5)15(11-14)12-19(23)21-16-7-6-8-17(13-16)27(24,25)22-20(2,3)4/h6-11,13,22H,12H2,1-5H3,(H,21,23). The van der Waals surface area contributed by atoms with Crippen LogP contribution in [0.15, 0.2) is 47.4 Å². The highest BCUT2D eigenvalue weighted by atomic mass is 32.2. The van der Waals surface area contributed by atoms with Gasteiger partial charge < -0.3 is 10.1 Å². The zero-order chi connectivity index (χ0) is 20.2. The van der Waals surface area contributed by atoms with Crippen molar-refractivity contribution in [1.29, 1.82) is 0 Å². The first-order valence-electron chi connectivity index (χ1n) is 8.57. The molecule has 0 atom stereocenters. The predicted octanol–water partition coefficient (Wildman–Crippen LogP) is 3.26. The Bertz CT molecular complexity index is 931. The number of methoxy groups -OCH3 is 1. The maximum Gasteiger partial charge on any atom is 0.241 e. The van der Waals surface area contributed by atoms with E-state index in [4.69, 9.17) is 4.74 Å². The zero-order valence-electron chi connectivity index (χ0n) is 16.3. The van der Waals surface area contributed by atoms with E-state index in [1.54, 1.807) is 40.0 Å². The Balaban J connectivity index is 2.17. The van der Waals surface area contributed by atoms with E-state index in [1.165, 1.54) is 12.1 Å². The fourth-order valence-corrected chi connectivity index (χ4v) is 4.09. The van der Waals surface area contributed by atoms with Crippen LogP contribution in [-0.2, 0) is 21.2 Å². The molecule has 0 aromatic heterocycles. The molecule has 146 valence electrons. The summed E-state index contributed by atoms with van der Waals surface area (Å²) in [6.07, 6.45) is 0.127. The van der Waals surface area contributed by atoms with Crippen LogP contribution in [0.2, 0.25) is 0 Å². The molecule has 0 unspecified atom stereocenters. The molecule has 0 heterocycles. The molecule has 2 rings (SSSR count). The van der Waals surface area contributed by atoms with E-state index >= 15 is 0 Å². The minimum Gasteiger partial charge on any atom is -0.496 e. The Morgan fingerprint density at radius 2 is 1.81 bits per heavy atom. The molecule has 2 N–H and O–H groups in total. The summed E-state index contributed by atoms with van der Waals surface area (Å²) in [6.45, 7) is 7.25. The fraction of sp³-hybridized carbons (Fsp3) is 0.350. The number of hydrogen-bond donors (Lipinski definition) is 2. The van der Waals surface area contributed by atoms with Gasteiger partial charge in [0.1, 0.15) is 5.75 Å². The summed E-state index contributed by atoms with van der Waals surface area (Å²) >= 11 is 0. The molecule has 2 aromatic rings. The van der Waals surface area contributed by atoms with Gasteiger partial charge in [0, 0.05) is 16.8 Å². The monoisotopic (exact) mass is 390 g/mol. The van der Waals surface area contributed by atoms with Crippen LogP contribution in [0.25, 0.3) is 0 Å². The molecule has 0 bridgehead atoms. The highest BCUT2D eigenvalue weighted by Crippen LogP contribution is 2.22. The largest absolute Gasteiger partial charge is 0.496 e. The van der Waals surface area contributed by atoms with Crippen LogP contribution in [-0.4, -0.2) is 27.0 Å². The first-order chi connectivity index (χ1) is 12.5. The molecule has 0 fully saturated rings. The van der Waals surface area contributed by atoms with Crippen LogP contribution >= 0.6 is 0 Å². The average Bonchev–Trinajstić information content (AvgIpc) is 2.53. The fourth-order valence-electron chi connectivity index (χ4n) is 2.63. The molecule has 0 aliphatic rings. The Kier molecular flexibility index (Phi) is 6.28. The maximum absolute atomic E-state index is 12.5. The molecule has 0 saturated carbocycles. The van der Waals surface area contributed by atoms with Gasteiger partial charge in [0.2, 0.25) is 15.9 Å². The van der Waals surface area contributed by atoms with Gasteiger partial charge in [-0.25, -0.2) is 13.1 Å². The predicted molar refractivity (Wildman–Crippen MR) is 107 cm³/mol. The number of carbonyl (C=O) groups excluding carboxylic acids is 1. The number of hydrogen-bond acceptors (Lipinski definition) is 4. The highest BCUT2D eigenvalue weighted by Gasteiger charge is 2.22. The molecule has 7 heteroatoms. The summed E-state index contributed by atoms with van der Waals surface area (Å²) in [4.78, 5) is 12.5. The van der Waals surface area contributed by atoms with E-state index in [0.29, 0.717) is 11.4 Å². The van der Waals surface area contributed by atoms with Crippen molar-refractivity contribution in [3.63, 3.8) is 0 Å². The van der Waals surface area contributed by atoms with Crippen molar-refractivity contribution < 1.29 is 17.9 Å². The van der Waals surface area contributed by atoms with E-state index in [-0.39, 0.29) is 17.2 Å². The number of rotatable bonds is 6. The summed E-state index contributed by atoms with van der Waals surface area (Å²) in [5, 5.41) is 2.75. The quantitative estimate of drug-likeness (QED) is 0.793. The molecule has 0 saturated heterocycles. The van der Waals surface area contributed by atoms with Crippen molar-refractivity contribution >= 4 is 21.6 Å². The number of benzene rings is 2.